The van der Waals surface area contributed by atoms with Crippen LogP contribution in [0.4, 0.5) is 0 Å². The van der Waals surface area contributed by atoms with Gasteiger partial charge >= 0.3 is 0 Å². The molecule has 0 aliphatic carbocycles. The van der Waals surface area contributed by atoms with Crippen LogP contribution in [0.1, 0.15) is 39.3 Å². The van der Waals surface area contributed by atoms with Crippen LogP contribution in [0.25, 0.3) is 0 Å². The van der Waals surface area contributed by atoms with Gasteiger partial charge in [-0.15, -0.1) is 11.3 Å². The quantitative estimate of drug-likeness (QED) is 0.856. The number of thiophene rings is 1. The summed E-state index contributed by atoms with van der Waals surface area (Å²) >= 11 is 1.35. The number of aryl methyl sites for hydroxylation is 1. The molecule has 1 unspecified atom stereocenters. The molecule has 0 bridgehead atoms. The molecule has 0 fully saturated rings. The highest BCUT2D eigenvalue weighted by Gasteiger charge is 2.16. The van der Waals surface area contributed by atoms with Crippen molar-refractivity contribution in [2.45, 2.75) is 19.9 Å². The fourth-order valence-corrected chi connectivity index (χ4v) is 2.88. The monoisotopic (exact) mass is 299 g/mol. The molecular formula is C17H17NO2S. The first-order valence-electron chi connectivity index (χ1n) is 6.67. The van der Waals surface area contributed by atoms with Gasteiger partial charge in [-0.1, -0.05) is 36.1 Å². The molecule has 0 aliphatic heterocycles. The highest BCUT2D eigenvalue weighted by Crippen LogP contribution is 2.20. The molecule has 2 rings (SSSR count). The SMILES string of the molecule is Cc1ccccc1C(C)NC(=O)c1sccc1C#CCO. The maximum absolute atomic E-state index is 12.4. The highest BCUT2D eigenvalue weighted by molar-refractivity contribution is 7.12. The van der Waals surface area contributed by atoms with Gasteiger partial charge in [0.1, 0.15) is 11.5 Å². The molecule has 1 aromatic heterocycles. The van der Waals surface area contributed by atoms with Gasteiger partial charge in [0.05, 0.1) is 6.04 Å². The second-order valence-electron chi connectivity index (χ2n) is 4.68. The lowest BCUT2D eigenvalue weighted by atomic mass is 10.0. The van der Waals surface area contributed by atoms with E-state index in [1.807, 2.05) is 43.5 Å². The fourth-order valence-electron chi connectivity index (χ4n) is 2.13. The highest BCUT2D eigenvalue weighted by atomic mass is 32.1. The third kappa shape index (κ3) is 3.72. The molecule has 21 heavy (non-hydrogen) atoms. The standard InChI is InChI=1S/C17H17NO2S/c1-12-6-3-4-8-15(12)13(2)18-17(20)16-14(7-5-10-19)9-11-21-16/h3-4,6,8-9,11,13,19H,10H2,1-2H3,(H,18,20). The molecule has 1 aromatic carbocycles. The van der Waals surface area contributed by atoms with Crippen molar-refractivity contribution >= 4 is 17.2 Å². The van der Waals surface area contributed by atoms with Crippen LogP contribution in [0.5, 0.6) is 0 Å². The average molecular weight is 299 g/mol. The predicted molar refractivity (Wildman–Crippen MR) is 85.3 cm³/mol. The van der Waals surface area contributed by atoms with Gasteiger partial charge < -0.3 is 10.4 Å². The number of hydrogen-bond donors (Lipinski definition) is 2. The predicted octanol–water partition coefficient (Wildman–Crippen LogP) is 2.89. The topological polar surface area (TPSA) is 49.3 Å². The van der Waals surface area contributed by atoms with Crippen molar-refractivity contribution < 1.29 is 9.90 Å². The summed E-state index contributed by atoms with van der Waals surface area (Å²) in [6, 6.07) is 9.71. The van der Waals surface area contributed by atoms with Crippen LogP contribution in [0.2, 0.25) is 0 Å². The first-order chi connectivity index (χ1) is 10.1. The molecule has 2 N–H and O–H groups in total. The zero-order chi connectivity index (χ0) is 15.2. The molecule has 4 heteroatoms. The Morgan fingerprint density at radius 2 is 2.14 bits per heavy atom. The van der Waals surface area contributed by atoms with Crippen molar-refractivity contribution in [1.82, 2.24) is 5.32 Å². The zero-order valence-electron chi connectivity index (χ0n) is 12.0. The number of benzene rings is 1. The molecule has 0 spiro atoms. The third-order valence-electron chi connectivity index (χ3n) is 3.18. The Morgan fingerprint density at radius 3 is 2.86 bits per heavy atom. The summed E-state index contributed by atoms with van der Waals surface area (Å²) in [4.78, 5) is 12.9. The van der Waals surface area contributed by atoms with E-state index < -0.39 is 0 Å². The molecule has 3 nitrogen and oxygen atoms in total. The van der Waals surface area contributed by atoms with E-state index in [1.165, 1.54) is 11.3 Å². The lowest BCUT2D eigenvalue weighted by Gasteiger charge is -2.16. The van der Waals surface area contributed by atoms with Gasteiger partial charge in [0.15, 0.2) is 0 Å². The van der Waals surface area contributed by atoms with Gasteiger partial charge in [0, 0.05) is 5.56 Å². The Morgan fingerprint density at radius 1 is 1.38 bits per heavy atom. The number of rotatable bonds is 3. The van der Waals surface area contributed by atoms with E-state index >= 15 is 0 Å². The summed E-state index contributed by atoms with van der Waals surface area (Å²) in [5.74, 6) is 5.23. The number of carbonyl (C=O) groups is 1. The fraction of sp³-hybridized carbons (Fsp3) is 0.235. The van der Waals surface area contributed by atoms with Crippen molar-refractivity contribution in [3.8, 4) is 11.8 Å². The van der Waals surface area contributed by atoms with Crippen molar-refractivity contribution in [2.75, 3.05) is 6.61 Å². The van der Waals surface area contributed by atoms with E-state index in [0.29, 0.717) is 10.4 Å². The van der Waals surface area contributed by atoms with Crippen LogP contribution >= 0.6 is 11.3 Å². The van der Waals surface area contributed by atoms with Crippen LogP contribution in [0.15, 0.2) is 35.7 Å². The number of amides is 1. The third-order valence-corrected chi connectivity index (χ3v) is 4.09. The normalized spacial score (nSPS) is 11.4. The maximum Gasteiger partial charge on any atom is 0.263 e. The molecule has 1 atom stereocenters. The van der Waals surface area contributed by atoms with Gasteiger partial charge in [-0.2, -0.15) is 0 Å². The summed E-state index contributed by atoms with van der Waals surface area (Å²) in [6.07, 6.45) is 0. The summed E-state index contributed by atoms with van der Waals surface area (Å²) in [7, 11) is 0. The number of aliphatic hydroxyl groups is 1. The second-order valence-corrected chi connectivity index (χ2v) is 5.59. The smallest absolute Gasteiger partial charge is 0.263 e. The van der Waals surface area contributed by atoms with Crippen molar-refractivity contribution in [1.29, 1.82) is 0 Å². The zero-order valence-corrected chi connectivity index (χ0v) is 12.8. The molecule has 1 heterocycles. The second kappa shape index (κ2) is 7.07. The summed E-state index contributed by atoms with van der Waals surface area (Å²) < 4.78 is 0. The summed E-state index contributed by atoms with van der Waals surface area (Å²) in [5, 5.41) is 13.6. The Labute approximate surface area is 128 Å². The molecule has 1 amide bonds. The van der Waals surface area contributed by atoms with Crippen LogP contribution < -0.4 is 5.32 Å². The van der Waals surface area contributed by atoms with Gasteiger partial charge in [-0.25, -0.2) is 0 Å². The number of aliphatic hydroxyl groups excluding tert-OH is 1. The molecule has 108 valence electrons. The van der Waals surface area contributed by atoms with Crippen LogP contribution in [0.3, 0.4) is 0 Å². The Kier molecular flexibility index (Phi) is 5.15. The lowest BCUT2D eigenvalue weighted by molar-refractivity contribution is 0.0943. The van der Waals surface area contributed by atoms with Crippen molar-refractivity contribution in [3.05, 3.63) is 57.3 Å². The van der Waals surface area contributed by atoms with E-state index in [1.54, 1.807) is 6.07 Å². The minimum atomic E-state index is -0.212. The van der Waals surface area contributed by atoms with Crippen LogP contribution in [-0.2, 0) is 0 Å². The summed E-state index contributed by atoms with van der Waals surface area (Å²) in [6.45, 7) is 3.78. The largest absolute Gasteiger partial charge is 0.384 e. The van der Waals surface area contributed by atoms with E-state index in [0.717, 1.165) is 11.1 Å². The molecule has 2 aromatic rings. The van der Waals surface area contributed by atoms with Crippen molar-refractivity contribution in [2.24, 2.45) is 0 Å². The first kappa shape index (κ1) is 15.3. The minimum Gasteiger partial charge on any atom is -0.384 e. The first-order valence-corrected chi connectivity index (χ1v) is 7.55. The molecule has 0 aliphatic rings. The van der Waals surface area contributed by atoms with E-state index in [4.69, 9.17) is 5.11 Å². The Bertz CT molecular complexity index is 694. The number of carbonyl (C=O) groups excluding carboxylic acids is 1. The number of hydrogen-bond acceptors (Lipinski definition) is 3. The summed E-state index contributed by atoms with van der Waals surface area (Å²) in [5.41, 5.74) is 2.91. The van der Waals surface area contributed by atoms with Gasteiger partial charge in [0.25, 0.3) is 5.91 Å². The molecular weight excluding hydrogens is 282 g/mol. The molecule has 0 saturated heterocycles. The molecule has 0 radical (unpaired) electrons. The average Bonchev–Trinajstić information content (AvgIpc) is 2.93. The van der Waals surface area contributed by atoms with E-state index in [9.17, 15) is 4.79 Å². The van der Waals surface area contributed by atoms with Crippen LogP contribution in [0, 0.1) is 18.8 Å². The van der Waals surface area contributed by atoms with E-state index in [-0.39, 0.29) is 18.6 Å². The van der Waals surface area contributed by atoms with Crippen molar-refractivity contribution in [3.63, 3.8) is 0 Å². The maximum atomic E-state index is 12.4. The van der Waals surface area contributed by atoms with E-state index in [2.05, 4.69) is 17.2 Å². The Hall–Kier alpha value is -2.09. The van der Waals surface area contributed by atoms with Gasteiger partial charge in [0.2, 0.25) is 0 Å². The minimum absolute atomic E-state index is 0.0700. The Balaban J connectivity index is 2.15. The number of nitrogens with one attached hydrogen (secondary N) is 1. The lowest BCUT2D eigenvalue weighted by Crippen LogP contribution is -2.26. The van der Waals surface area contributed by atoms with Crippen LogP contribution in [-0.4, -0.2) is 17.6 Å². The van der Waals surface area contributed by atoms with Gasteiger partial charge in [-0.05, 0) is 36.4 Å². The van der Waals surface area contributed by atoms with Gasteiger partial charge in [-0.3, -0.25) is 4.79 Å². The molecule has 0 saturated carbocycles.